The second-order valence-corrected chi connectivity index (χ2v) is 9.05. The van der Waals surface area contributed by atoms with Crippen molar-refractivity contribution in [3.05, 3.63) is 107 Å². The van der Waals surface area contributed by atoms with Crippen molar-refractivity contribution in [3.8, 4) is 0 Å². The van der Waals surface area contributed by atoms with Gasteiger partial charge < -0.3 is 10.2 Å². The Hall–Kier alpha value is -3.47. The molecule has 0 saturated heterocycles. The Morgan fingerprint density at radius 3 is 2.30 bits per heavy atom. The average Bonchev–Trinajstić information content (AvgIpc) is 3.32. The van der Waals surface area contributed by atoms with Crippen LogP contribution in [0.2, 0.25) is 0 Å². The third-order valence-corrected chi connectivity index (χ3v) is 7.12. The number of hydrogen-bond acceptors (Lipinski definition) is 2. The molecule has 2 amide bonds. The fraction of sp³-hybridized carbons (Fsp3) is 0.286. The molecule has 1 aliphatic heterocycles. The van der Waals surface area contributed by atoms with E-state index in [1.807, 2.05) is 59.5 Å². The van der Waals surface area contributed by atoms with Crippen LogP contribution in [-0.2, 0) is 17.9 Å². The van der Waals surface area contributed by atoms with Crippen LogP contribution in [0.5, 0.6) is 0 Å². The van der Waals surface area contributed by atoms with E-state index in [4.69, 9.17) is 0 Å². The lowest BCUT2D eigenvalue weighted by Gasteiger charge is -2.50. The van der Waals surface area contributed by atoms with Crippen LogP contribution < -0.4 is 5.32 Å². The lowest BCUT2D eigenvalue weighted by atomic mass is 9.71. The Balaban J connectivity index is 1.52. The van der Waals surface area contributed by atoms with Crippen molar-refractivity contribution in [2.45, 2.75) is 50.2 Å². The number of carbonyl (C=O) groups excluding carboxylic acids is 2. The second-order valence-electron chi connectivity index (χ2n) is 9.05. The third kappa shape index (κ3) is 3.92. The predicted octanol–water partition coefficient (Wildman–Crippen LogP) is 5.19. The molecule has 0 unspecified atom stereocenters. The lowest BCUT2D eigenvalue weighted by molar-refractivity contribution is -0.126. The van der Waals surface area contributed by atoms with E-state index < -0.39 is 11.5 Å². The summed E-state index contributed by atoms with van der Waals surface area (Å²) >= 11 is 0. The Morgan fingerprint density at radius 2 is 1.58 bits per heavy atom. The third-order valence-electron chi connectivity index (χ3n) is 7.12. The molecule has 0 aromatic heterocycles. The van der Waals surface area contributed by atoms with Crippen molar-refractivity contribution in [3.63, 3.8) is 0 Å². The monoisotopic (exact) mass is 442 g/mol. The average molecular weight is 443 g/mol. The maximum absolute atomic E-state index is 13.7. The van der Waals surface area contributed by atoms with Gasteiger partial charge in [0, 0.05) is 18.7 Å². The molecule has 4 nitrogen and oxygen atoms in total. The van der Waals surface area contributed by atoms with E-state index in [1.54, 1.807) is 12.1 Å². The molecule has 2 aliphatic rings. The number of carbonyl (C=O) groups is 2. The predicted molar refractivity (Wildman–Crippen MR) is 125 cm³/mol. The Bertz CT molecular complexity index is 1150. The number of hydrogen-bond donors (Lipinski definition) is 1. The van der Waals surface area contributed by atoms with Gasteiger partial charge in [-0.25, -0.2) is 4.39 Å². The van der Waals surface area contributed by atoms with Gasteiger partial charge in [-0.15, -0.1) is 0 Å². The van der Waals surface area contributed by atoms with Crippen molar-refractivity contribution in [1.82, 2.24) is 10.2 Å². The topological polar surface area (TPSA) is 49.4 Å². The van der Waals surface area contributed by atoms with E-state index in [-0.39, 0.29) is 17.6 Å². The molecule has 1 saturated carbocycles. The minimum atomic E-state index is -0.547. The van der Waals surface area contributed by atoms with Gasteiger partial charge in [-0.05, 0) is 47.7 Å². The fourth-order valence-corrected chi connectivity index (χ4v) is 5.56. The van der Waals surface area contributed by atoms with Crippen molar-refractivity contribution in [2.24, 2.45) is 0 Å². The van der Waals surface area contributed by atoms with E-state index in [0.29, 0.717) is 18.7 Å². The number of nitrogens with one attached hydrogen (secondary N) is 1. The number of rotatable bonds is 5. The summed E-state index contributed by atoms with van der Waals surface area (Å²) in [5, 5.41) is 3.08. The first kappa shape index (κ1) is 21.4. The number of nitrogens with zero attached hydrogens (tertiary/aromatic N) is 1. The maximum atomic E-state index is 13.7. The normalized spacial score (nSPS) is 18.9. The first-order valence-electron chi connectivity index (χ1n) is 11.6. The van der Waals surface area contributed by atoms with Crippen LogP contribution in [0, 0.1) is 5.82 Å². The highest BCUT2D eigenvalue weighted by molar-refractivity contribution is 6.02. The number of halogens is 1. The van der Waals surface area contributed by atoms with Crippen LogP contribution in [0.3, 0.4) is 0 Å². The minimum Gasteiger partial charge on any atom is -0.351 e. The quantitative estimate of drug-likeness (QED) is 0.591. The molecular formula is C28H27FN2O2. The molecule has 168 valence electrons. The molecule has 1 N–H and O–H groups in total. The van der Waals surface area contributed by atoms with Gasteiger partial charge in [0.15, 0.2) is 0 Å². The highest BCUT2D eigenvalue weighted by atomic mass is 19.1. The van der Waals surface area contributed by atoms with Crippen molar-refractivity contribution in [2.75, 3.05) is 0 Å². The summed E-state index contributed by atoms with van der Waals surface area (Å²) in [7, 11) is 0. The van der Waals surface area contributed by atoms with E-state index in [2.05, 4.69) is 5.32 Å². The molecule has 3 aromatic carbocycles. The van der Waals surface area contributed by atoms with Gasteiger partial charge in [0.05, 0.1) is 11.5 Å². The summed E-state index contributed by atoms with van der Waals surface area (Å²) in [6.45, 7) is 0.802. The van der Waals surface area contributed by atoms with Crippen LogP contribution >= 0.6 is 0 Å². The van der Waals surface area contributed by atoms with Crippen LogP contribution in [0.25, 0.3) is 0 Å². The Labute approximate surface area is 193 Å². The summed E-state index contributed by atoms with van der Waals surface area (Å²) < 4.78 is 13.3. The van der Waals surface area contributed by atoms with E-state index in [0.717, 1.165) is 42.4 Å². The summed E-state index contributed by atoms with van der Waals surface area (Å²) in [6, 6.07) is 23.7. The largest absolute Gasteiger partial charge is 0.351 e. The van der Waals surface area contributed by atoms with Crippen LogP contribution in [0.1, 0.15) is 58.6 Å². The zero-order chi connectivity index (χ0) is 22.8. The molecule has 0 radical (unpaired) electrons. The van der Waals surface area contributed by atoms with Gasteiger partial charge in [-0.2, -0.15) is 0 Å². The fourth-order valence-electron chi connectivity index (χ4n) is 5.56. The molecular weight excluding hydrogens is 415 g/mol. The summed E-state index contributed by atoms with van der Waals surface area (Å²) in [6.07, 6.45) is 3.58. The Morgan fingerprint density at radius 1 is 0.909 bits per heavy atom. The van der Waals surface area contributed by atoms with E-state index in [1.165, 1.54) is 12.1 Å². The molecule has 33 heavy (non-hydrogen) atoms. The summed E-state index contributed by atoms with van der Waals surface area (Å²) in [4.78, 5) is 29.4. The molecule has 5 rings (SSSR count). The number of amides is 2. The van der Waals surface area contributed by atoms with Crippen LogP contribution in [0.15, 0.2) is 78.9 Å². The van der Waals surface area contributed by atoms with Gasteiger partial charge in [-0.1, -0.05) is 73.5 Å². The SMILES string of the molecule is O=C(NCc1ccc(F)cc1)[C@H]1c2ccccc2C(=O)N(Cc2ccccc2)C12CCCC2. The molecule has 0 bridgehead atoms. The van der Waals surface area contributed by atoms with Crippen molar-refractivity contribution < 1.29 is 14.0 Å². The summed E-state index contributed by atoms with van der Waals surface area (Å²) in [5.41, 5.74) is 2.76. The van der Waals surface area contributed by atoms with Gasteiger partial charge in [0.2, 0.25) is 5.91 Å². The highest BCUT2D eigenvalue weighted by Crippen LogP contribution is 2.50. The number of fused-ring (bicyclic) bond motifs is 1. The second kappa shape index (κ2) is 8.81. The highest BCUT2D eigenvalue weighted by Gasteiger charge is 2.55. The maximum Gasteiger partial charge on any atom is 0.254 e. The molecule has 1 aliphatic carbocycles. The Kier molecular flexibility index (Phi) is 5.71. The lowest BCUT2D eigenvalue weighted by Crippen LogP contribution is -2.60. The zero-order valence-electron chi connectivity index (χ0n) is 18.5. The zero-order valence-corrected chi connectivity index (χ0v) is 18.5. The molecule has 1 spiro atoms. The van der Waals surface area contributed by atoms with Gasteiger partial charge in [0.1, 0.15) is 5.82 Å². The molecule has 5 heteroatoms. The summed E-state index contributed by atoms with van der Waals surface area (Å²) in [5.74, 6) is -0.831. The first-order valence-corrected chi connectivity index (χ1v) is 11.6. The van der Waals surface area contributed by atoms with Crippen LogP contribution in [-0.4, -0.2) is 22.3 Å². The standard InChI is InChI=1S/C28H27FN2O2/c29-22-14-12-20(13-15-22)18-30-26(32)25-23-10-4-5-11-24(23)27(33)31(28(25)16-6-7-17-28)19-21-8-2-1-3-9-21/h1-5,8-15,25H,6-7,16-19H2,(H,30,32)/t25-/m1/s1. The first-order chi connectivity index (χ1) is 16.1. The van der Waals surface area contributed by atoms with E-state index >= 15 is 0 Å². The molecule has 1 fully saturated rings. The number of benzene rings is 3. The molecule has 1 heterocycles. The van der Waals surface area contributed by atoms with Crippen molar-refractivity contribution in [1.29, 1.82) is 0 Å². The smallest absolute Gasteiger partial charge is 0.254 e. The van der Waals surface area contributed by atoms with Crippen molar-refractivity contribution >= 4 is 11.8 Å². The van der Waals surface area contributed by atoms with E-state index in [9.17, 15) is 14.0 Å². The molecule has 3 aromatic rings. The van der Waals surface area contributed by atoms with Gasteiger partial charge >= 0.3 is 0 Å². The molecule has 1 atom stereocenters. The van der Waals surface area contributed by atoms with Gasteiger partial charge in [-0.3, -0.25) is 9.59 Å². The van der Waals surface area contributed by atoms with Crippen LogP contribution in [0.4, 0.5) is 4.39 Å². The minimum absolute atomic E-state index is 0.000984. The van der Waals surface area contributed by atoms with Gasteiger partial charge in [0.25, 0.3) is 5.91 Å².